The van der Waals surface area contributed by atoms with Gasteiger partial charge in [0.15, 0.2) is 0 Å². The van der Waals surface area contributed by atoms with Gasteiger partial charge in [0, 0.05) is 12.6 Å². The van der Waals surface area contributed by atoms with Crippen LogP contribution >= 0.6 is 0 Å². The van der Waals surface area contributed by atoms with Crippen LogP contribution in [-0.2, 0) is 14.6 Å². The summed E-state index contributed by atoms with van der Waals surface area (Å²) >= 11 is 0. The number of hydrogen-bond donors (Lipinski definition) is 1. The van der Waals surface area contributed by atoms with Crippen LogP contribution in [0.1, 0.15) is 19.8 Å². The SMILES string of the molecule is CCOC1CC(Nc2ccccc2S(=O)(=O)C(F)(F)F)C1. The van der Waals surface area contributed by atoms with Crippen LogP contribution in [0.15, 0.2) is 29.2 Å². The van der Waals surface area contributed by atoms with E-state index in [1.807, 2.05) is 6.92 Å². The van der Waals surface area contributed by atoms with E-state index >= 15 is 0 Å². The van der Waals surface area contributed by atoms with Gasteiger partial charge in [-0.05, 0) is 31.9 Å². The Bertz CT molecular complexity index is 595. The van der Waals surface area contributed by atoms with Gasteiger partial charge in [0.1, 0.15) is 0 Å². The van der Waals surface area contributed by atoms with E-state index in [9.17, 15) is 21.6 Å². The molecule has 1 aromatic carbocycles. The van der Waals surface area contributed by atoms with Crippen molar-refractivity contribution in [3.8, 4) is 0 Å². The molecule has 0 bridgehead atoms. The summed E-state index contributed by atoms with van der Waals surface area (Å²) < 4.78 is 66.4. The maximum atomic E-state index is 12.7. The molecule has 0 heterocycles. The molecule has 0 aromatic heterocycles. The standard InChI is InChI=1S/C13H16F3NO3S/c1-2-20-10-7-9(8-10)17-11-5-3-4-6-12(11)21(18,19)13(14,15)16/h3-6,9-10,17H,2,7-8H2,1H3. The van der Waals surface area contributed by atoms with Gasteiger partial charge in [0.05, 0.1) is 16.7 Å². The van der Waals surface area contributed by atoms with Crippen molar-refractivity contribution in [3.05, 3.63) is 24.3 Å². The number of rotatable bonds is 5. The number of alkyl halides is 3. The second-order valence-corrected chi connectivity index (χ2v) is 6.74. The molecule has 118 valence electrons. The van der Waals surface area contributed by atoms with E-state index in [4.69, 9.17) is 4.74 Å². The first-order valence-electron chi connectivity index (χ1n) is 6.54. The fraction of sp³-hybridized carbons (Fsp3) is 0.538. The van der Waals surface area contributed by atoms with Crippen molar-refractivity contribution >= 4 is 15.5 Å². The Balaban J connectivity index is 2.16. The number of nitrogens with one attached hydrogen (secondary N) is 1. The molecule has 1 aromatic rings. The minimum absolute atomic E-state index is 0.0187. The second-order valence-electron chi connectivity index (χ2n) is 4.84. The van der Waals surface area contributed by atoms with E-state index < -0.39 is 20.2 Å². The molecule has 0 spiro atoms. The number of para-hydroxylation sites is 1. The van der Waals surface area contributed by atoms with Gasteiger partial charge in [0.2, 0.25) is 0 Å². The maximum Gasteiger partial charge on any atom is 0.501 e. The Morgan fingerprint density at radius 3 is 2.48 bits per heavy atom. The average Bonchev–Trinajstić information content (AvgIpc) is 2.35. The number of ether oxygens (including phenoxy) is 1. The zero-order valence-electron chi connectivity index (χ0n) is 11.4. The molecule has 0 unspecified atom stereocenters. The summed E-state index contributed by atoms with van der Waals surface area (Å²) in [6.07, 6.45) is 1.38. The van der Waals surface area contributed by atoms with E-state index in [1.165, 1.54) is 18.2 Å². The van der Waals surface area contributed by atoms with Crippen molar-refractivity contribution in [1.29, 1.82) is 0 Å². The fourth-order valence-corrected chi connectivity index (χ4v) is 3.14. The van der Waals surface area contributed by atoms with Crippen molar-refractivity contribution in [3.63, 3.8) is 0 Å². The van der Waals surface area contributed by atoms with Crippen molar-refractivity contribution in [2.45, 2.75) is 42.3 Å². The molecule has 1 saturated carbocycles. The lowest BCUT2D eigenvalue weighted by Crippen LogP contribution is -2.41. The molecule has 1 aliphatic carbocycles. The largest absolute Gasteiger partial charge is 0.501 e. The lowest BCUT2D eigenvalue weighted by Gasteiger charge is -2.36. The third-order valence-corrected chi connectivity index (χ3v) is 4.88. The summed E-state index contributed by atoms with van der Waals surface area (Å²) in [7, 11) is -5.35. The van der Waals surface area contributed by atoms with Crippen molar-refractivity contribution in [2.75, 3.05) is 11.9 Å². The Labute approximate surface area is 121 Å². The number of benzene rings is 1. The fourth-order valence-electron chi connectivity index (χ4n) is 2.22. The van der Waals surface area contributed by atoms with Crippen molar-refractivity contribution in [1.82, 2.24) is 0 Å². The van der Waals surface area contributed by atoms with Crippen LogP contribution in [0.4, 0.5) is 18.9 Å². The number of anilines is 1. The molecule has 2 rings (SSSR count). The van der Waals surface area contributed by atoms with Crippen molar-refractivity contribution in [2.24, 2.45) is 0 Å². The van der Waals surface area contributed by atoms with Crippen LogP contribution in [0, 0.1) is 0 Å². The quantitative estimate of drug-likeness (QED) is 0.905. The van der Waals surface area contributed by atoms with Crippen LogP contribution in [0.25, 0.3) is 0 Å². The summed E-state index contributed by atoms with van der Waals surface area (Å²) in [6.45, 7) is 2.45. The lowest BCUT2D eigenvalue weighted by molar-refractivity contribution is -0.0435. The highest BCUT2D eigenvalue weighted by molar-refractivity contribution is 7.92. The van der Waals surface area contributed by atoms with Crippen LogP contribution in [-0.4, -0.2) is 32.7 Å². The Morgan fingerprint density at radius 2 is 1.90 bits per heavy atom. The summed E-state index contributed by atoms with van der Waals surface area (Å²) in [5.74, 6) is 0. The second kappa shape index (κ2) is 5.84. The first kappa shape index (κ1) is 16.1. The molecule has 0 atom stereocenters. The molecular formula is C13H16F3NO3S. The first-order chi connectivity index (χ1) is 9.75. The Kier molecular flexibility index (Phi) is 4.48. The minimum atomic E-state index is -5.35. The predicted molar refractivity (Wildman–Crippen MR) is 71.7 cm³/mol. The number of hydrogen-bond acceptors (Lipinski definition) is 4. The average molecular weight is 323 g/mol. The third-order valence-electron chi connectivity index (χ3n) is 3.34. The zero-order valence-corrected chi connectivity index (χ0v) is 12.2. The molecule has 0 aliphatic heterocycles. The summed E-state index contributed by atoms with van der Waals surface area (Å²) in [5.41, 5.74) is -5.33. The van der Waals surface area contributed by atoms with Gasteiger partial charge in [-0.15, -0.1) is 0 Å². The van der Waals surface area contributed by atoms with E-state index in [2.05, 4.69) is 5.32 Å². The molecule has 0 radical (unpaired) electrons. The Hall–Kier alpha value is -1.28. The maximum absolute atomic E-state index is 12.7. The molecule has 8 heteroatoms. The van der Waals surface area contributed by atoms with Gasteiger partial charge in [0.25, 0.3) is 9.84 Å². The predicted octanol–water partition coefficient (Wildman–Crippen LogP) is 2.96. The summed E-state index contributed by atoms with van der Waals surface area (Å²) in [5, 5.41) is 2.85. The summed E-state index contributed by atoms with van der Waals surface area (Å²) in [6, 6.07) is 4.99. The first-order valence-corrected chi connectivity index (χ1v) is 8.02. The Morgan fingerprint density at radius 1 is 1.29 bits per heavy atom. The molecule has 1 fully saturated rings. The highest BCUT2D eigenvalue weighted by Crippen LogP contribution is 2.36. The highest BCUT2D eigenvalue weighted by Gasteiger charge is 2.48. The number of halogens is 3. The summed E-state index contributed by atoms with van der Waals surface area (Å²) in [4.78, 5) is -0.739. The third kappa shape index (κ3) is 3.32. The zero-order chi connectivity index (χ0) is 15.7. The van der Waals surface area contributed by atoms with E-state index in [0.29, 0.717) is 19.4 Å². The van der Waals surface area contributed by atoms with Gasteiger partial charge in [-0.1, -0.05) is 12.1 Å². The molecule has 4 nitrogen and oxygen atoms in total. The monoisotopic (exact) mass is 323 g/mol. The minimum Gasteiger partial charge on any atom is -0.381 e. The van der Waals surface area contributed by atoms with E-state index in [-0.39, 0.29) is 17.8 Å². The van der Waals surface area contributed by atoms with Crippen LogP contribution in [0.5, 0.6) is 0 Å². The molecular weight excluding hydrogens is 307 g/mol. The molecule has 0 saturated heterocycles. The van der Waals surface area contributed by atoms with Gasteiger partial charge in [-0.2, -0.15) is 13.2 Å². The molecule has 21 heavy (non-hydrogen) atoms. The highest BCUT2D eigenvalue weighted by atomic mass is 32.2. The molecule has 1 aliphatic rings. The van der Waals surface area contributed by atoms with Gasteiger partial charge in [-0.25, -0.2) is 8.42 Å². The van der Waals surface area contributed by atoms with Gasteiger partial charge in [-0.3, -0.25) is 0 Å². The van der Waals surface area contributed by atoms with E-state index in [1.54, 1.807) is 0 Å². The van der Waals surface area contributed by atoms with Gasteiger partial charge < -0.3 is 10.1 Å². The van der Waals surface area contributed by atoms with Gasteiger partial charge >= 0.3 is 5.51 Å². The van der Waals surface area contributed by atoms with Crippen molar-refractivity contribution < 1.29 is 26.3 Å². The van der Waals surface area contributed by atoms with Crippen LogP contribution in [0.2, 0.25) is 0 Å². The normalized spacial score (nSPS) is 22.7. The molecule has 1 N–H and O–H groups in total. The molecule has 0 amide bonds. The van der Waals surface area contributed by atoms with Crippen LogP contribution < -0.4 is 5.32 Å². The number of sulfone groups is 1. The lowest BCUT2D eigenvalue weighted by atomic mass is 9.89. The van der Waals surface area contributed by atoms with Crippen LogP contribution in [0.3, 0.4) is 0 Å². The smallest absolute Gasteiger partial charge is 0.381 e. The van der Waals surface area contributed by atoms with E-state index in [0.717, 1.165) is 6.07 Å². The topological polar surface area (TPSA) is 55.4 Å².